The normalized spacial score (nSPS) is 13.3. The molecule has 3 heterocycles. The molecule has 134 valence electrons. The lowest BCUT2D eigenvalue weighted by molar-refractivity contribution is 0.0750. The molecule has 3 aromatic rings. The van der Waals surface area contributed by atoms with Gasteiger partial charge in [-0.25, -0.2) is 9.97 Å². The van der Waals surface area contributed by atoms with Crippen LogP contribution in [-0.2, 0) is 19.5 Å². The number of fused-ring (bicyclic) bond motifs is 2. The van der Waals surface area contributed by atoms with Crippen molar-refractivity contribution in [1.29, 1.82) is 0 Å². The lowest BCUT2D eigenvalue weighted by Gasteiger charge is -2.14. The van der Waals surface area contributed by atoms with Crippen LogP contribution in [0.2, 0.25) is 0 Å². The number of aromatic nitrogens is 2. The van der Waals surface area contributed by atoms with Crippen LogP contribution >= 0.6 is 0 Å². The van der Waals surface area contributed by atoms with E-state index in [-0.39, 0.29) is 5.91 Å². The molecule has 0 saturated heterocycles. The second-order valence-corrected chi connectivity index (χ2v) is 6.40. The van der Waals surface area contributed by atoms with E-state index in [2.05, 4.69) is 9.97 Å². The molecule has 0 unspecified atom stereocenters. The SMILES string of the molecule is CCOc1ccc2oc(C)c(C(=O)N3Cc4cnc(CC)nc4C3)c2c1. The average Bonchev–Trinajstić information content (AvgIpc) is 3.20. The zero-order valence-corrected chi connectivity index (χ0v) is 15.2. The van der Waals surface area contributed by atoms with E-state index in [1.165, 1.54) is 0 Å². The Bertz CT molecular complexity index is 993. The maximum atomic E-state index is 13.2. The van der Waals surface area contributed by atoms with Crippen LogP contribution in [0.4, 0.5) is 0 Å². The fraction of sp³-hybridized carbons (Fsp3) is 0.350. The highest BCUT2D eigenvalue weighted by Gasteiger charge is 2.29. The van der Waals surface area contributed by atoms with Crippen molar-refractivity contribution in [2.24, 2.45) is 0 Å². The zero-order chi connectivity index (χ0) is 18.3. The molecule has 1 aliphatic heterocycles. The summed E-state index contributed by atoms with van der Waals surface area (Å²) in [5, 5.41) is 0.787. The van der Waals surface area contributed by atoms with E-state index in [9.17, 15) is 4.79 Å². The predicted octanol–water partition coefficient (Wildman–Crippen LogP) is 3.65. The van der Waals surface area contributed by atoms with E-state index in [0.29, 0.717) is 36.6 Å². The van der Waals surface area contributed by atoms with Crippen LogP contribution < -0.4 is 4.74 Å². The largest absolute Gasteiger partial charge is 0.494 e. The number of rotatable bonds is 4. The second-order valence-electron chi connectivity index (χ2n) is 6.40. The Hall–Kier alpha value is -2.89. The minimum Gasteiger partial charge on any atom is -0.494 e. The number of carbonyl (C=O) groups is 1. The Labute approximate surface area is 151 Å². The molecular weight excluding hydrogens is 330 g/mol. The highest BCUT2D eigenvalue weighted by molar-refractivity contribution is 6.07. The molecule has 1 amide bonds. The molecule has 26 heavy (non-hydrogen) atoms. The summed E-state index contributed by atoms with van der Waals surface area (Å²) in [6.45, 7) is 7.38. The molecule has 0 spiro atoms. The van der Waals surface area contributed by atoms with Gasteiger partial charge in [-0.3, -0.25) is 4.79 Å². The molecule has 0 bridgehead atoms. The Kier molecular flexibility index (Phi) is 4.11. The Morgan fingerprint density at radius 2 is 2.15 bits per heavy atom. The summed E-state index contributed by atoms with van der Waals surface area (Å²) in [5.41, 5.74) is 3.23. The van der Waals surface area contributed by atoms with Gasteiger partial charge >= 0.3 is 0 Å². The van der Waals surface area contributed by atoms with Crippen molar-refractivity contribution in [2.75, 3.05) is 6.61 Å². The zero-order valence-electron chi connectivity index (χ0n) is 15.2. The first-order valence-corrected chi connectivity index (χ1v) is 8.89. The third-order valence-electron chi connectivity index (χ3n) is 4.67. The molecule has 1 aliphatic rings. The third kappa shape index (κ3) is 2.71. The van der Waals surface area contributed by atoms with E-state index in [1.807, 2.05) is 45.2 Å². The Morgan fingerprint density at radius 3 is 2.92 bits per heavy atom. The van der Waals surface area contributed by atoms with Crippen molar-refractivity contribution in [1.82, 2.24) is 14.9 Å². The standard InChI is InChI=1S/C20H21N3O3/c1-4-18-21-9-13-10-23(11-16(13)22-18)20(24)19-12(3)26-17-7-6-14(25-5-2)8-15(17)19/h6-9H,4-5,10-11H2,1-3H3. The predicted molar refractivity (Wildman–Crippen MR) is 97.1 cm³/mol. The highest BCUT2D eigenvalue weighted by atomic mass is 16.5. The van der Waals surface area contributed by atoms with Gasteiger partial charge in [0, 0.05) is 30.1 Å². The third-order valence-corrected chi connectivity index (χ3v) is 4.67. The van der Waals surface area contributed by atoms with Crippen LogP contribution in [0.1, 0.15) is 47.0 Å². The second kappa shape index (κ2) is 6.44. The number of hydrogen-bond donors (Lipinski definition) is 0. The van der Waals surface area contributed by atoms with Gasteiger partial charge in [0.1, 0.15) is 22.9 Å². The fourth-order valence-electron chi connectivity index (χ4n) is 3.39. The first-order chi connectivity index (χ1) is 12.6. The number of furan rings is 1. The van der Waals surface area contributed by atoms with Gasteiger partial charge in [0.15, 0.2) is 0 Å². The van der Waals surface area contributed by atoms with E-state index in [0.717, 1.165) is 34.6 Å². The molecule has 0 fully saturated rings. The van der Waals surface area contributed by atoms with Crippen molar-refractivity contribution < 1.29 is 13.9 Å². The maximum Gasteiger partial charge on any atom is 0.258 e. The molecule has 0 saturated carbocycles. The molecule has 2 aromatic heterocycles. The van der Waals surface area contributed by atoms with E-state index < -0.39 is 0 Å². The summed E-state index contributed by atoms with van der Waals surface area (Å²) in [5.74, 6) is 2.11. The minimum absolute atomic E-state index is 0.0500. The summed E-state index contributed by atoms with van der Waals surface area (Å²) in [4.78, 5) is 23.9. The van der Waals surface area contributed by atoms with Crippen LogP contribution in [0.5, 0.6) is 5.75 Å². The van der Waals surface area contributed by atoms with E-state index in [1.54, 1.807) is 4.90 Å². The molecule has 6 heteroatoms. The molecule has 1 aromatic carbocycles. The van der Waals surface area contributed by atoms with Crippen molar-refractivity contribution >= 4 is 16.9 Å². The number of benzene rings is 1. The lowest BCUT2D eigenvalue weighted by Crippen LogP contribution is -2.25. The number of amides is 1. The maximum absolute atomic E-state index is 13.2. The monoisotopic (exact) mass is 351 g/mol. The quantitative estimate of drug-likeness (QED) is 0.718. The summed E-state index contributed by atoms with van der Waals surface area (Å²) < 4.78 is 11.4. The van der Waals surface area contributed by atoms with Crippen molar-refractivity contribution in [2.45, 2.75) is 40.3 Å². The van der Waals surface area contributed by atoms with Gasteiger partial charge in [-0.2, -0.15) is 0 Å². The van der Waals surface area contributed by atoms with Crippen LogP contribution in [-0.4, -0.2) is 27.4 Å². The van der Waals surface area contributed by atoms with Gasteiger partial charge in [0.25, 0.3) is 5.91 Å². The number of ether oxygens (including phenoxy) is 1. The number of nitrogens with zero attached hydrogens (tertiary/aromatic N) is 3. The molecule has 0 aliphatic carbocycles. The summed E-state index contributed by atoms with van der Waals surface area (Å²) in [6, 6.07) is 5.58. The highest BCUT2D eigenvalue weighted by Crippen LogP contribution is 2.32. The van der Waals surface area contributed by atoms with Crippen LogP contribution in [0, 0.1) is 6.92 Å². The Morgan fingerprint density at radius 1 is 1.31 bits per heavy atom. The van der Waals surface area contributed by atoms with Gasteiger partial charge in [0.2, 0.25) is 0 Å². The van der Waals surface area contributed by atoms with Gasteiger partial charge in [-0.15, -0.1) is 0 Å². The molecule has 4 rings (SSSR count). The molecule has 0 N–H and O–H groups in total. The van der Waals surface area contributed by atoms with Gasteiger partial charge in [-0.1, -0.05) is 6.92 Å². The first kappa shape index (κ1) is 16.6. The average molecular weight is 351 g/mol. The smallest absolute Gasteiger partial charge is 0.258 e. The van der Waals surface area contributed by atoms with Crippen LogP contribution in [0.25, 0.3) is 11.0 Å². The summed E-state index contributed by atoms with van der Waals surface area (Å²) in [7, 11) is 0. The van der Waals surface area contributed by atoms with Crippen LogP contribution in [0.15, 0.2) is 28.8 Å². The summed E-state index contributed by atoms with van der Waals surface area (Å²) >= 11 is 0. The fourth-order valence-corrected chi connectivity index (χ4v) is 3.39. The lowest BCUT2D eigenvalue weighted by atomic mass is 10.1. The van der Waals surface area contributed by atoms with Crippen molar-refractivity contribution in [3.63, 3.8) is 0 Å². The number of hydrogen-bond acceptors (Lipinski definition) is 5. The summed E-state index contributed by atoms with van der Waals surface area (Å²) in [6.07, 6.45) is 2.62. The van der Waals surface area contributed by atoms with Crippen LogP contribution in [0.3, 0.4) is 0 Å². The molecule has 0 radical (unpaired) electrons. The number of aryl methyl sites for hydroxylation is 2. The van der Waals surface area contributed by atoms with E-state index >= 15 is 0 Å². The van der Waals surface area contributed by atoms with Gasteiger partial charge in [0.05, 0.1) is 24.4 Å². The van der Waals surface area contributed by atoms with Crippen molar-refractivity contribution in [3.8, 4) is 5.75 Å². The van der Waals surface area contributed by atoms with Gasteiger partial charge < -0.3 is 14.1 Å². The molecule has 6 nitrogen and oxygen atoms in total. The topological polar surface area (TPSA) is 68.5 Å². The van der Waals surface area contributed by atoms with E-state index in [4.69, 9.17) is 9.15 Å². The number of carbonyl (C=O) groups excluding carboxylic acids is 1. The van der Waals surface area contributed by atoms with Crippen molar-refractivity contribution in [3.05, 3.63) is 52.8 Å². The first-order valence-electron chi connectivity index (χ1n) is 8.89. The molecular formula is C20H21N3O3. The Balaban J connectivity index is 1.68. The molecule has 0 atom stereocenters. The minimum atomic E-state index is -0.0500. The van der Waals surface area contributed by atoms with Gasteiger partial charge in [-0.05, 0) is 32.0 Å².